The van der Waals surface area contributed by atoms with E-state index in [4.69, 9.17) is 13.3 Å². The highest BCUT2D eigenvalue weighted by Crippen LogP contribution is 2.24. The molecule has 0 aromatic heterocycles. The maximum absolute atomic E-state index is 5.71. The smallest absolute Gasteiger partial charge is 0.374 e. The van der Waals surface area contributed by atoms with Crippen LogP contribution in [0.4, 0.5) is 0 Å². The molecule has 15 heavy (non-hydrogen) atoms. The van der Waals surface area contributed by atoms with Gasteiger partial charge < -0.3 is 13.3 Å². The van der Waals surface area contributed by atoms with Gasteiger partial charge in [0.2, 0.25) is 0 Å². The van der Waals surface area contributed by atoms with E-state index in [1.807, 2.05) is 20.8 Å². The van der Waals surface area contributed by atoms with Gasteiger partial charge in [-0.05, 0) is 27.2 Å². The van der Waals surface area contributed by atoms with Crippen LogP contribution in [-0.4, -0.2) is 32.4 Å². The number of alkyl halides is 2. The fourth-order valence-electron chi connectivity index (χ4n) is 1.29. The summed E-state index contributed by atoms with van der Waals surface area (Å²) in [6.45, 7) is 7.84. The lowest BCUT2D eigenvalue weighted by Crippen LogP contribution is -2.46. The van der Waals surface area contributed by atoms with Crippen LogP contribution in [0.15, 0.2) is 0 Å². The van der Waals surface area contributed by atoms with Gasteiger partial charge in [0.25, 0.3) is 0 Å². The minimum Gasteiger partial charge on any atom is -0.374 e. The summed E-state index contributed by atoms with van der Waals surface area (Å²) in [5.41, 5.74) is 0. The molecular weight excluding hydrogens is 344 g/mol. The molecule has 0 fully saturated rings. The molecule has 0 aliphatic carbocycles. The molecule has 0 heterocycles. The Morgan fingerprint density at radius 1 is 0.933 bits per heavy atom. The number of hydrogen-bond donors (Lipinski definition) is 0. The van der Waals surface area contributed by atoms with Crippen LogP contribution in [0.25, 0.3) is 0 Å². The van der Waals surface area contributed by atoms with Crippen molar-refractivity contribution in [3.63, 3.8) is 0 Å². The molecule has 0 aromatic carbocycles. The molecule has 0 saturated heterocycles. The van der Waals surface area contributed by atoms with Gasteiger partial charge in [-0.25, -0.2) is 0 Å². The Hall–Kier alpha value is 1.06. The topological polar surface area (TPSA) is 27.7 Å². The highest BCUT2D eigenvalue weighted by atomic mass is 79.9. The third kappa shape index (κ3) is 7.07. The Kier molecular flexibility index (Phi) is 9.77. The molecule has 0 N–H and O–H groups in total. The van der Waals surface area contributed by atoms with Crippen LogP contribution >= 0.6 is 31.9 Å². The molecule has 92 valence electrons. The molecule has 0 spiro atoms. The van der Waals surface area contributed by atoms with Gasteiger partial charge in [-0.1, -0.05) is 31.9 Å². The average Bonchev–Trinajstić information content (AvgIpc) is 2.16. The first-order valence-corrected chi connectivity index (χ1v) is 9.06. The van der Waals surface area contributed by atoms with E-state index < -0.39 is 8.80 Å². The minimum absolute atomic E-state index is 0.290. The van der Waals surface area contributed by atoms with Crippen LogP contribution in [0.2, 0.25) is 6.04 Å². The van der Waals surface area contributed by atoms with Gasteiger partial charge in [-0.15, -0.1) is 0 Å². The lowest BCUT2D eigenvalue weighted by Gasteiger charge is -2.28. The van der Waals surface area contributed by atoms with E-state index in [1.54, 1.807) is 0 Å². The Bertz CT molecular complexity index is 141. The van der Waals surface area contributed by atoms with Gasteiger partial charge in [0.15, 0.2) is 0 Å². The van der Waals surface area contributed by atoms with Gasteiger partial charge in [-0.3, -0.25) is 0 Å². The number of hydrogen-bond acceptors (Lipinski definition) is 3. The summed E-state index contributed by atoms with van der Waals surface area (Å²) in [4.78, 5) is 0. The second-order valence-electron chi connectivity index (χ2n) is 2.91. The summed E-state index contributed by atoms with van der Waals surface area (Å²) in [5, 5.41) is 0. The highest BCUT2D eigenvalue weighted by Gasteiger charge is 2.40. The second-order valence-corrected chi connectivity index (χ2v) is 9.08. The van der Waals surface area contributed by atoms with Crippen LogP contribution in [-0.2, 0) is 13.3 Å². The zero-order valence-corrected chi connectivity index (χ0v) is 13.8. The van der Waals surface area contributed by atoms with Crippen molar-refractivity contribution in [2.75, 3.05) is 19.8 Å². The van der Waals surface area contributed by atoms with Gasteiger partial charge in [0.05, 0.1) is 3.74 Å². The molecule has 3 nitrogen and oxygen atoms in total. The van der Waals surface area contributed by atoms with Crippen LogP contribution in [0.1, 0.15) is 27.2 Å². The summed E-state index contributed by atoms with van der Waals surface area (Å²) in [6.07, 6.45) is 0.937. The van der Waals surface area contributed by atoms with E-state index in [2.05, 4.69) is 31.9 Å². The third-order valence-corrected chi connectivity index (χ3v) is 5.76. The number of rotatable bonds is 9. The van der Waals surface area contributed by atoms with Gasteiger partial charge >= 0.3 is 8.80 Å². The monoisotopic (exact) mass is 362 g/mol. The Morgan fingerprint density at radius 3 is 1.60 bits per heavy atom. The first kappa shape index (κ1) is 16.1. The van der Waals surface area contributed by atoms with Gasteiger partial charge in [0.1, 0.15) is 0 Å². The summed E-state index contributed by atoms with van der Waals surface area (Å²) in [5.74, 6) is 0. The van der Waals surface area contributed by atoms with Crippen molar-refractivity contribution in [1.82, 2.24) is 0 Å². The Balaban J connectivity index is 4.31. The normalized spacial score (nSPS) is 12.4. The molecule has 0 aliphatic heterocycles. The largest absolute Gasteiger partial charge is 0.500 e. The van der Waals surface area contributed by atoms with Gasteiger partial charge in [0, 0.05) is 25.9 Å². The van der Waals surface area contributed by atoms with E-state index in [0.717, 1.165) is 12.5 Å². The molecule has 0 rings (SSSR count). The van der Waals surface area contributed by atoms with Crippen molar-refractivity contribution in [2.24, 2.45) is 0 Å². The molecule has 0 unspecified atom stereocenters. The molecule has 0 aliphatic rings. The maximum atomic E-state index is 5.71. The molecule has 0 bridgehead atoms. The lowest BCUT2D eigenvalue weighted by atomic mass is 10.6. The summed E-state index contributed by atoms with van der Waals surface area (Å²) < 4.78 is 17.4. The summed E-state index contributed by atoms with van der Waals surface area (Å²) in [6, 6.07) is 0.837. The van der Waals surface area contributed by atoms with E-state index in [1.165, 1.54) is 0 Å². The first-order valence-electron chi connectivity index (χ1n) is 5.30. The van der Waals surface area contributed by atoms with Crippen molar-refractivity contribution < 1.29 is 13.3 Å². The lowest BCUT2D eigenvalue weighted by molar-refractivity contribution is 0.0711. The van der Waals surface area contributed by atoms with Crippen molar-refractivity contribution in [3.05, 3.63) is 0 Å². The first-order chi connectivity index (χ1) is 7.10. The predicted molar refractivity (Wildman–Crippen MR) is 71.7 cm³/mol. The van der Waals surface area contributed by atoms with Crippen LogP contribution < -0.4 is 0 Å². The predicted octanol–water partition coefficient (Wildman–Crippen LogP) is 3.54. The highest BCUT2D eigenvalue weighted by molar-refractivity contribution is 9.24. The molecule has 0 saturated carbocycles. The fraction of sp³-hybridized carbons (Fsp3) is 1.00. The van der Waals surface area contributed by atoms with Crippen LogP contribution in [0, 0.1) is 0 Å². The summed E-state index contributed by atoms with van der Waals surface area (Å²) in [7, 11) is -2.42. The van der Waals surface area contributed by atoms with Crippen LogP contribution in [0.3, 0.4) is 0 Å². The van der Waals surface area contributed by atoms with E-state index >= 15 is 0 Å². The van der Waals surface area contributed by atoms with Gasteiger partial charge in [-0.2, -0.15) is 0 Å². The van der Waals surface area contributed by atoms with E-state index in [9.17, 15) is 0 Å². The standard InChI is InChI=1S/C9H20Br2O3Si/c1-4-12-15(13-5-2,14-6-3)8-7-9(10)11/h9H,4-8H2,1-3H3. The van der Waals surface area contributed by atoms with E-state index in [0.29, 0.717) is 23.6 Å². The summed E-state index contributed by atoms with van der Waals surface area (Å²) >= 11 is 6.91. The second kappa shape index (κ2) is 9.12. The quantitative estimate of drug-likeness (QED) is 0.463. The maximum Gasteiger partial charge on any atom is 0.500 e. The third-order valence-electron chi connectivity index (χ3n) is 1.76. The minimum atomic E-state index is -2.42. The Labute approximate surface area is 110 Å². The number of halogens is 2. The average molecular weight is 364 g/mol. The molecule has 0 aromatic rings. The molecule has 0 amide bonds. The molecular formula is C9H20Br2O3Si. The van der Waals surface area contributed by atoms with Crippen molar-refractivity contribution in [2.45, 2.75) is 37.0 Å². The molecule has 0 atom stereocenters. The zero-order chi connectivity index (χ0) is 11.7. The van der Waals surface area contributed by atoms with Crippen molar-refractivity contribution in [3.8, 4) is 0 Å². The van der Waals surface area contributed by atoms with Crippen molar-refractivity contribution >= 4 is 40.7 Å². The SMILES string of the molecule is CCO[Si](CCC(Br)Br)(OCC)OCC. The zero-order valence-electron chi connectivity index (χ0n) is 9.59. The molecule has 0 radical (unpaired) electrons. The molecule has 6 heteroatoms. The van der Waals surface area contributed by atoms with Crippen molar-refractivity contribution in [1.29, 1.82) is 0 Å². The fourth-order valence-corrected chi connectivity index (χ4v) is 5.23. The Morgan fingerprint density at radius 2 is 1.33 bits per heavy atom. The van der Waals surface area contributed by atoms with Crippen LogP contribution in [0.5, 0.6) is 0 Å². The van der Waals surface area contributed by atoms with E-state index in [-0.39, 0.29) is 0 Å².